The van der Waals surface area contributed by atoms with Crippen LogP contribution in [0.5, 0.6) is 5.75 Å². The predicted octanol–water partition coefficient (Wildman–Crippen LogP) is 2.74. The Hall–Kier alpha value is -1.56. The number of hydrogen-bond acceptors (Lipinski definition) is 5. The normalized spacial score (nSPS) is 10.9. The quantitative estimate of drug-likeness (QED) is 0.741. The van der Waals surface area contributed by atoms with Crippen LogP contribution < -0.4 is 9.04 Å². The minimum Gasteiger partial charge on any atom is -0.497 e. The molecule has 0 bridgehead atoms. The molecule has 0 unspecified atom stereocenters. The highest BCUT2D eigenvalue weighted by Gasteiger charge is 2.28. The van der Waals surface area contributed by atoms with E-state index in [1.807, 2.05) is 0 Å². The van der Waals surface area contributed by atoms with Crippen LogP contribution in [0.3, 0.4) is 0 Å². The molecule has 0 atom stereocenters. The van der Waals surface area contributed by atoms with Crippen molar-refractivity contribution in [3.63, 3.8) is 0 Å². The average molecular weight is 387 g/mol. The number of benzene rings is 1. The monoisotopic (exact) mass is 386 g/mol. The van der Waals surface area contributed by atoms with Gasteiger partial charge in [0.15, 0.2) is 5.13 Å². The largest absolute Gasteiger partial charge is 0.497 e. The van der Waals surface area contributed by atoms with E-state index in [0.29, 0.717) is 15.4 Å². The number of rotatable bonds is 5. The SMILES string of the molecule is C#CCN(c1nccs1)S(=O)(=O)c1ccc(OC)cc1Br. The number of hydrogen-bond donors (Lipinski definition) is 0. The molecule has 21 heavy (non-hydrogen) atoms. The highest BCUT2D eigenvalue weighted by Crippen LogP contribution is 2.31. The Morgan fingerprint density at radius 2 is 2.29 bits per heavy atom. The predicted molar refractivity (Wildman–Crippen MR) is 86.2 cm³/mol. The Morgan fingerprint density at radius 3 is 2.81 bits per heavy atom. The van der Waals surface area contributed by atoms with Gasteiger partial charge in [-0.2, -0.15) is 0 Å². The fraction of sp³-hybridized carbons (Fsp3) is 0.154. The first kappa shape index (κ1) is 15.8. The third-order valence-electron chi connectivity index (χ3n) is 2.57. The Labute approximate surface area is 135 Å². The smallest absolute Gasteiger partial charge is 0.268 e. The van der Waals surface area contributed by atoms with Crippen LogP contribution in [0.4, 0.5) is 5.13 Å². The number of halogens is 1. The van der Waals surface area contributed by atoms with Gasteiger partial charge < -0.3 is 4.74 Å². The molecule has 1 aromatic heterocycles. The number of aromatic nitrogens is 1. The van der Waals surface area contributed by atoms with Crippen molar-refractivity contribution >= 4 is 42.4 Å². The van der Waals surface area contributed by atoms with E-state index in [1.165, 1.54) is 30.7 Å². The zero-order valence-electron chi connectivity index (χ0n) is 11.0. The maximum absolute atomic E-state index is 12.8. The van der Waals surface area contributed by atoms with Gasteiger partial charge in [-0.3, -0.25) is 0 Å². The van der Waals surface area contributed by atoms with E-state index < -0.39 is 10.0 Å². The highest BCUT2D eigenvalue weighted by molar-refractivity contribution is 9.10. The molecule has 5 nitrogen and oxygen atoms in total. The lowest BCUT2D eigenvalue weighted by atomic mass is 10.3. The Morgan fingerprint density at radius 1 is 1.52 bits per heavy atom. The lowest BCUT2D eigenvalue weighted by molar-refractivity contribution is 0.414. The van der Waals surface area contributed by atoms with E-state index in [2.05, 4.69) is 26.8 Å². The van der Waals surface area contributed by atoms with Gasteiger partial charge in [0.05, 0.1) is 13.7 Å². The van der Waals surface area contributed by atoms with E-state index >= 15 is 0 Å². The molecule has 1 heterocycles. The average Bonchev–Trinajstić information content (AvgIpc) is 2.97. The van der Waals surface area contributed by atoms with Gasteiger partial charge in [-0.15, -0.1) is 17.8 Å². The molecule has 0 spiro atoms. The fourth-order valence-electron chi connectivity index (χ4n) is 1.61. The number of thiazole rings is 1. The summed E-state index contributed by atoms with van der Waals surface area (Å²) in [7, 11) is -2.30. The van der Waals surface area contributed by atoms with Gasteiger partial charge in [-0.05, 0) is 34.1 Å². The fourth-order valence-corrected chi connectivity index (χ4v) is 4.84. The Bertz CT molecular complexity index is 767. The molecule has 0 radical (unpaired) electrons. The summed E-state index contributed by atoms with van der Waals surface area (Å²) < 4.78 is 32.1. The lowest BCUT2D eigenvalue weighted by Gasteiger charge is -2.20. The van der Waals surface area contributed by atoms with Crippen LogP contribution >= 0.6 is 27.3 Å². The standard InChI is InChI=1S/C13H11BrN2O3S2/c1-3-7-16(13-15-6-8-20-13)21(17,18)12-5-4-10(19-2)9-11(12)14/h1,4-6,8-9H,7H2,2H3. The van der Waals surface area contributed by atoms with Crippen LogP contribution in [0.25, 0.3) is 0 Å². The zero-order chi connectivity index (χ0) is 15.5. The third-order valence-corrected chi connectivity index (χ3v) is 6.20. The number of ether oxygens (including phenoxy) is 1. The molecule has 1 aromatic carbocycles. The number of methoxy groups -OCH3 is 1. The summed E-state index contributed by atoms with van der Waals surface area (Å²) in [5.41, 5.74) is 0. The van der Waals surface area contributed by atoms with Crippen LogP contribution in [0, 0.1) is 12.3 Å². The van der Waals surface area contributed by atoms with E-state index in [4.69, 9.17) is 11.2 Å². The zero-order valence-corrected chi connectivity index (χ0v) is 14.2. The number of nitrogens with zero attached hydrogens (tertiary/aromatic N) is 2. The summed E-state index contributed by atoms with van der Waals surface area (Å²) in [6.45, 7) is -0.0890. The molecule has 0 N–H and O–H groups in total. The number of sulfonamides is 1. The molecular weight excluding hydrogens is 376 g/mol. The maximum Gasteiger partial charge on any atom is 0.268 e. The summed E-state index contributed by atoms with van der Waals surface area (Å²) >= 11 is 4.46. The summed E-state index contributed by atoms with van der Waals surface area (Å²) in [5, 5.41) is 2.02. The van der Waals surface area contributed by atoms with Crippen molar-refractivity contribution in [2.24, 2.45) is 0 Å². The topological polar surface area (TPSA) is 59.5 Å². The van der Waals surface area contributed by atoms with E-state index in [-0.39, 0.29) is 11.4 Å². The summed E-state index contributed by atoms with van der Waals surface area (Å²) in [6, 6.07) is 4.63. The molecule has 0 amide bonds. The van der Waals surface area contributed by atoms with Gasteiger partial charge in [0, 0.05) is 16.0 Å². The van der Waals surface area contributed by atoms with Crippen molar-refractivity contribution < 1.29 is 13.2 Å². The molecule has 0 fully saturated rings. The molecule has 0 aliphatic rings. The summed E-state index contributed by atoms with van der Waals surface area (Å²) in [6.07, 6.45) is 6.81. The van der Waals surface area contributed by atoms with E-state index in [1.54, 1.807) is 17.5 Å². The van der Waals surface area contributed by atoms with Crippen LogP contribution in [-0.4, -0.2) is 27.1 Å². The molecule has 2 rings (SSSR count). The molecular formula is C13H11BrN2O3S2. The van der Waals surface area contributed by atoms with Crippen molar-refractivity contribution in [2.75, 3.05) is 18.0 Å². The highest BCUT2D eigenvalue weighted by atomic mass is 79.9. The summed E-state index contributed by atoms with van der Waals surface area (Å²) in [4.78, 5) is 4.13. The molecule has 0 aliphatic heterocycles. The minimum absolute atomic E-state index is 0.0890. The van der Waals surface area contributed by atoms with Gasteiger partial charge >= 0.3 is 0 Å². The number of anilines is 1. The Balaban J connectivity index is 2.52. The molecule has 110 valence electrons. The van der Waals surface area contributed by atoms with Gasteiger partial charge in [0.25, 0.3) is 10.0 Å². The van der Waals surface area contributed by atoms with Crippen molar-refractivity contribution in [2.45, 2.75) is 4.90 Å². The second kappa shape index (κ2) is 6.47. The molecule has 2 aromatic rings. The van der Waals surface area contributed by atoms with E-state index in [9.17, 15) is 8.42 Å². The van der Waals surface area contributed by atoms with Crippen LogP contribution in [0.2, 0.25) is 0 Å². The molecule has 0 saturated carbocycles. The molecule has 8 heteroatoms. The van der Waals surface area contributed by atoms with Crippen molar-refractivity contribution in [1.29, 1.82) is 0 Å². The first-order valence-electron chi connectivity index (χ1n) is 5.70. The van der Waals surface area contributed by atoms with Gasteiger partial charge in [-0.1, -0.05) is 5.92 Å². The van der Waals surface area contributed by atoms with Gasteiger partial charge in [0.1, 0.15) is 10.6 Å². The second-order valence-corrected chi connectivity index (χ2v) is 7.38. The van der Waals surface area contributed by atoms with Crippen molar-refractivity contribution in [3.8, 4) is 18.1 Å². The van der Waals surface area contributed by atoms with E-state index in [0.717, 1.165) is 4.31 Å². The maximum atomic E-state index is 12.8. The van der Waals surface area contributed by atoms with Gasteiger partial charge in [-0.25, -0.2) is 17.7 Å². The Kier molecular flexibility index (Phi) is 4.88. The summed E-state index contributed by atoms with van der Waals surface area (Å²) in [5.74, 6) is 2.90. The van der Waals surface area contributed by atoms with Crippen molar-refractivity contribution in [3.05, 3.63) is 34.2 Å². The lowest BCUT2D eigenvalue weighted by Crippen LogP contribution is -2.31. The number of terminal acetylenes is 1. The van der Waals surface area contributed by atoms with Gasteiger partial charge in [0.2, 0.25) is 0 Å². The second-order valence-electron chi connectivity index (χ2n) is 3.83. The van der Waals surface area contributed by atoms with Crippen LogP contribution in [0.15, 0.2) is 39.1 Å². The van der Waals surface area contributed by atoms with Crippen LogP contribution in [-0.2, 0) is 10.0 Å². The van der Waals surface area contributed by atoms with Crippen LogP contribution in [0.1, 0.15) is 0 Å². The molecule has 0 aliphatic carbocycles. The van der Waals surface area contributed by atoms with Crippen molar-refractivity contribution in [1.82, 2.24) is 4.98 Å². The molecule has 0 saturated heterocycles. The third kappa shape index (κ3) is 3.20. The first-order chi connectivity index (χ1) is 10.0. The first-order valence-corrected chi connectivity index (χ1v) is 8.81. The minimum atomic E-state index is -3.81.